The number of benzene rings is 1. The summed E-state index contributed by atoms with van der Waals surface area (Å²) in [6, 6.07) is 7.86. The van der Waals surface area contributed by atoms with Crippen LogP contribution in [-0.2, 0) is 16.3 Å². The first-order chi connectivity index (χ1) is 11.2. The summed E-state index contributed by atoms with van der Waals surface area (Å²) >= 11 is 0. The molecule has 0 saturated heterocycles. The number of hydrogen-bond donors (Lipinski definition) is 2. The lowest BCUT2D eigenvalue weighted by Crippen LogP contribution is -2.42. The van der Waals surface area contributed by atoms with Crippen LogP contribution in [0, 0.1) is 0 Å². The molecule has 1 rings (SSSR count). The minimum absolute atomic E-state index is 0. The third-order valence-corrected chi connectivity index (χ3v) is 6.31. The molecule has 25 heavy (non-hydrogen) atoms. The first kappa shape index (κ1) is 24.0. The molecule has 0 saturated carbocycles. The number of para-hydroxylation sites is 1. The SMILES string of the molecule is CN=C(NCCc1ccccc1OC)NCCS(=O)(=O)C(C)(C)C.I. The number of rotatable bonds is 7. The predicted molar refractivity (Wildman–Crippen MR) is 115 cm³/mol. The van der Waals surface area contributed by atoms with Gasteiger partial charge < -0.3 is 15.4 Å². The fourth-order valence-corrected chi connectivity index (χ4v) is 3.04. The second-order valence-electron chi connectivity index (χ2n) is 6.42. The van der Waals surface area contributed by atoms with Crippen molar-refractivity contribution in [3.05, 3.63) is 29.8 Å². The topological polar surface area (TPSA) is 79.8 Å². The van der Waals surface area contributed by atoms with Crippen molar-refractivity contribution in [1.29, 1.82) is 0 Å². The molecule has 2 N–H and O–H groups in total. The molecule has 0 aliphatic rings. The minimum Gasteiger partial charge on any atom is -0.496 e. The highest BCUT2D eigenvalue weighted by molar-refractivity contribution is 14.0. The smallest absolute Gasteiger partial charge is 0.191 e. The Labute approximate surface area is 168 Å². The molecule has 0 aromatic heterocycles. The molecule has 0 heterocycles. The van der Waals surface area contributed by atoms with Gasteiger partial charge in [0.05, 0.1) is 17.6 Å². The number of aliphatic imine (C=N–C) groups is 1. The zero-order valence-corrected chi connectivity index (χ0v) is 18.8. The largest absolute Gasteiger partial charge is 0.496 e. The molecule has 0 amide bonds. The summed E-state index contributed by atoms with van der Waals surface area (Å²) in [5.74, 6) is 1.52. The average Bonchev–Trinajstić information content (AvgIpc) is 2.52. The van der Waals surface area contributed by atoms with Gasteiger partial charge in [-0.1, -0.05) is 18.2 Å². The molecular weight excluding hydrogens is 453 g/mol. The molecule has 0 aliphatic heterocycles. The quantitative estimate of drug-likeness (QED) is 0.353. The molecule has 0 atom stereocenters. The van der Waals surface area contributed by atoms with E-state index in [1.807, 2.05) is 24.3 Å². The van der Waals surface area contributed by atoms with Gasteiger partial charge in [-0.25, -0.2) is 8.42 Å². The number of nitrogens with zero attached hydrogens (tertiary/aromatic N) is 1. The molecule has 0 radical (unpaired) electrons. The molecule has 0 bridgehead atoms. The zero-order chi connectivity index (χ0) is 18.2. The van der Waals surface area contributed by atoms with E-state index in [-0.39, 0.29) is 29.7 Å². The van der Waals surface area contributed by atoms with E-state index in [1.165, 1.54) is 0 Å². The number of halogens is 1. The lowest BCUT2D eigenvalue weighted by molar-refractivity contribution is 0.409. The summed E-state index contributed by atoms with van der Waals surface area (Å²) in [5.41, 5.74) is 1.11. The fourth-order valence-electron chi connectivity index (χ4n) is 2.06. The Balaban J connectivity index is 0.00000576. The van der Waals surface area contributed by atoms with Gasteiger partial charge >= 0.3 is 0 Å². The van der Waals surface area contributed by atoms with Crippen LogP contribution in [-0.4, -0.2) is 52.1 Å². The summed E-state index contributed by atoms with van der Waals surface area (Å²) in [6.07, 6.45) is 0.783. The molecule has 0 unspecified atom stereocenters. The summed E-state index contributed by atoms with van der Waals surface area (Å²) in [6.45, 7) is 6.13. The molecule has 8 heteroatoms. The number of ether oxygens (including phenoxy) is 1. The van der Waals surface area contributed by atoms with Crippen molar-refractivity contribution in [1.82, 2.24) is 10.6 Å². The maximum absolute atomic E-state index is 12.1. The molecule has 6 nitrogen and oxygen atoms in total. The molecular formula is C17H30IN3O3S. The van der Waals surface area contributed by atoms with Crippen LogP contribution in [0.4, 0.5) is 0 Å². The van der Waals surface area contributed by atoms with Crippen LogP contribution in [0.2, 0.25) is 0 Å². The number of guanidine groups is 1. The van der Waals surface area contributed by atoms with Crippen LogP contribution < -0.4 is 15.4 Å². The van der Waals surface area contributed by atoms with Gasteiger partial charge in [0.2, 0.25) is 0 Å². The van der Waals surface area contributed by atoms with Crippen molar-refractivity contribution in [3.8, 4) is 5.75 Å². The van der Waals surface area contributed by atoms with Gasteiger partial charge in [-0.15, -0.1) is 24.0 Å². The maximum Gasteiger partial charge on any atom is 0.191 e. The molecule has 1 aromatic rings. The summed E-state index contributed by atoms with van der Waals surface area (Å²) in [5, 5.41) is 6.22. The number of sulfone groups is 1. The van der Waals surface area contributed by atoms with Crippen LogP contribution in [0.5, 0.6) is 5.75 Å². The van der Waals surface area contributed by atoms with Gasteiger partial charge in [0.25, 0.3) is 0 Å². The van der Waals surface area contributed by atoms with Gasteiger partial charge in [0.1, 0.15) is 5.75 Å². The van der Waals surface area contributed by atoms with Gasteiger partial charge in [0, 0.05) is 20.1 Å². The number of methoxy groups -OCH3 is 1. The van der Waals surface area contributed by atoms with Crippen LogP contribution in [0.1, 0.15) is 26.3 Å². The Bertz CT molecular complexity index is 655. The third kappa shape index (κ3) is 7.81. The van der Waals surface area contributed by atoms with Crippen molar-refractivity contribution < 1.29 is 13.2 Å². The van der Waals surface area contributed by atoms with E-state index in [0.29, 0.717) is 19.0 Å². The first-order valence-electron chi connectivity index (χ1n) is 8.00. The van der Waals surface area contributed by atoms with Gasteiger partial charge in [-0.2, -0.15) is 0 Å². The highest BCUT2D eigenvalue weighted by Crippen LogP contribution is 2.17. The van der Waals surface area contributed by atoms with Crippen LogP contribution in [0.3, 0.4) is 0 Å². The zero-order valence-electron chi connectivity index (χ0n) is 15.6. The normalized spacial score (nSPS) is 12.3. The minimum atomic E-state index is -3.14. The third-order valence-electron chi connectivity index (χ3n) is 3.70. The standard InChI is InChI=1S/C17H29N3O3S.HI/c1-17(2,3)24(21,22)13-12-20-16(18-4)19-11-10-14-8-6-7-9-15(14)23-5;/h6-9H,10-13H2,1-5H3,(H2,18,19,20);1H. The highest BCUT2D eigenvalue weighted by atomic mass is 127. The molecule has 0 spiro atoms. The van der Waals surface area contributed by atoms with Gasteiger partial charge in [-0.3, -0.25) is 4.99 Å². The van der Waals surface area contributed by atoms with Crippen molar-refractivity contribution in [2.45, 2.75) is 31.9 Å². The Morgan fingerprint density at radius 3 is 2.32 bits per heavy atom. The summed E-state index contributed by atoms with van der Waals surface area (Å²) in [4.78, 5) is 4.11. The Morgan fingerprint density at radius 1 is 1.16 bits per heavy atom. The van der Waals surface area contributed by atoms with E-state index in [0.717, 1.165) is 17.7 Å². The molecule has 0 fully saturated rings. The van der Waals surface area contributed by atoms with E-state index < -0.39 is 14.6 Å². The van der Waals surface area contributed by atoms with E-state index in [2.05, 4.69) is 15.6 Å². The second kappa shape index (κ2) is 10.8. The van der Waals surface area contributed by atoms with Crippen molar-refractivity contribution >= 4 is 39.8 Å². The maximum atomic E-state index is 12.1. The van der Waals surface area contributed by atoms with E-state index in [1.54, 1.807) is 34.9 Å². The number of nitrogens with one attached hydrogen (secondary N) is 2. The molecule has 1 aromatic carbocycles. The van der Waals surface area contributed by atoms with Crippen LogP contribution in [0.25, 0.3) is 0 Å². The monoisotopic (exact) mass is 483 g/mol. The van der Waals surface area contributed by atoms with Crippen LogP contribution >= 0.6 is 24.0 Å². The lowest BCUT2D eigenvalue weighted by atomic mass is 10.1. The van der Waals surface area contributed by atoms with Crippen molar-refractivity contribution in [3.63, 3.8) is 0 Å². The summed E-state index contributed by atoms with van der Waals surface area (Å²) < 4.78 is 28.7. The Kier molecular flexibility index (Phi) is 10.4. The number of hydrogen-bond acceptors (Lipinski definition) is 4. The average molecular weight is 483 g/mol. The second-order valence-corrected chi connectivity index (χ2v) is 9.28. The molecule has 144 valence electrons. The highest BCUT2D eigenvalue weighted by Gasteiger charge is 2.28. The fraction of sp³-hybridized carbons (Fsp3) is 0.588. The van der Waals surface area contributed by atoms with Crippen molar-refractivity contribution in [2.24, 2.45) is 4.99 Å². The summed E-state index contributed by atoms with van der Waals surface area (Å²) in [7, 11) is 0.183. The van der Waals surface area contributed by atoms with E-state index in [9.17, 15) is 8.42 Å². The first-order valence-corrected chi connectivity index (χ1v) is 9.65. The van der Waals surface area contributed by atoms with Gasteiger partial charge in [0.15, 0.2) is 15.8 Å². The molecule has 0 aliphatic carbocycles. The van der Waals surface area contributed by atoms with Crippen molar-refractivity contribution in [2.75, 3.05) is 33.0 Å². The lowest BCUT2D eigenvalue weighted by Gasteiger charge is -2.20. The van der Waals surface area contributed by atoms with E-state index >= 15 is 0 Å². The van der Waals surface area contributed by atoms with E-state index in [4.69, 9.17) is 4.74 Å². The van der Waals surface area contributed by atoms with Crippen LogP contribution in [0.15, 0.2) is 29.3 Å². The Morgan fingerprint density at radius 2 is 1.76 bits per heavy atom. The Hall–Kier alpha value is -1.03. The predicted octanol–water partition coefficient (Wildman–Crippen LogP) is 2.23. The van der Waals surface area contributed by atoms with Gasteiger partial charge in [-0.05, 0) is 38.8 Å².